The minimum Gasteiger partial charge on any atom is -0.481 e. The zero-order valence-corrected chi connectivity index (χ0v) is 9.84. The van der Waals surface area contributed by atoms with Gasteiger partial charge >= 0.3 is 5.97 Å². The zero-order valence-electron chi connectivity index (χ0n) is 8.25. The van der Waals surface area contributed by atoms with Gasteiger partial charge in [-0.2, -0.15) is 5.26 Å². The molecule has 1 aromatic carbocycles. The van der Waals surface area contributed by atoms with E-state index in [1.165, 1.54) is 0 Å². The Morgan fingerprint density at radius 1 is 1.60 bits per heavy atom. The lowest BCUT2D eigenvalue weighted by atomic mass is 9.98. The van der Waals surface area contributed by atoms with Gasteiger partial charge in [-0.15, -0.1) is 0 Å². The number of nitriles is 1. The summed E-state index contributed by atoms with van der Waals surface area (Å²) in [6.45, 7) is 1.77. The Morgan fingerprint density at radius 2 is 2.27 bits per heavy atom. The Hall–Kier alpha value is -1.34. The van der Waals surface area contributed by atoms with Gasteiger partial charge in [-0.05, 0) is 29.7 Å². The molecule has 0 aliphatic carbocycles. The second-order valence-corrected chi connectivity index (χ2v) is 3.80. The van der Waals surface area contributed by atoms with Crippen molar-refractivity contribution in [3.05, 3.63) is 34.4 Å². The fourth-order valence-electron chi connectivity index (χ4n) is 1.38. The molecule has 0 fully saturated rings. The first-order valence-electron chi connectivity index (χ1n) is 4.38. The van der Waals surface area contributed by atoms with Crippen LogP contribution in [0, 0.1) is 18.3 Å². The van der Waals surface area contributed by atoms with Crippen LogP contribution in [0.1, 0.15) is 22.3 Å². The summed E-state index contributed by atoms with van der Waals surface area (Å²) >= 11 is 3.29. The Morgan fingerprint density at radius 3 is 2.73 bits per heavy atom. The first-order chi connectivity index (χ1) is 7.08. The number of aliphatic carboxylic acids is 1. The number of hydrogen-bond donors (Lipinski definition) is 1. The number of hydrogen-bond acceptors (Lipinski definition) is 2. The molecular weight excluding hydrogens is 258 g/mol. The van der Waals surface area contributed by atoms with E-state index < -0.39 is 5.97 Å². The molecule has 0 spiro atoms. The van der Waals surface area contributed by atoms with Crippen LogP contribution < -0.4 is 0 Å². The molecule has 0 amide bonds. The van der Waals surface area contributed by atoms with Crippen molar-refractivity contribution < 1.29 is 9.90 Å². The molecule has 0 atom stereocenters. The molecule has 0 saturated heterocycles. The van der Waals surface area contributed by atoms with Gasteiger partial charge < -0.3 is 5.11 Å². The van der Waals surface area contributed by atoms with Crippen LogP contribution in [-0.4, -0.2) is 11.1 Å². The number of carbonyl (C=O) groups is 1. The molecule has 4 heteroatoms. The lowest BCUT2D eigenvalue weighted by Crippen LogP contribution is -2.04. The summed E-state index contributed by atoms with van der Waals surface area (Å²) in [7, 11) is 0. The number of halogens is 1. The summed E-state index contributed by atoms with van der Waals surface area (Å²) in [5.74, 6) is -0.881. The molecule has 1 aromatic rings. The lowest BCUT2D eigenvalue weighted by Gasteiger charge is -2.07. The van der Waals surface area contributed by atoms with E-state index in [4.69, 9.17) is 10.4 Å². The van der Waals surface area contributed by atoms with E-state index in [2.05, 4.69) is 22.0 Å². The number of rotatable bonds is 3. The van der Waals surface area contributed by atoms with Gasteiger partial charge in [0.2, 0.25) is 0 Å². The molecular formula is C11H10BrNO2. The van der Waals surface area contributed by atoms with Crippen LogP contribution in [0.2, 0.25) is 0 Å². The number of carboxylic acids is 1. The minimum atomic E-state index is -0.881. The van der Waals surface area contributed by atoms with Crippen molar-refractivity contribution in [1.82, 2.24) is 0 Å². The van der Waals surface area contributed by atoms with Crippen LogP contribution in [0.4, 0.5) is 0 Å². The average Bonchev–Trinajstić information content (AvgIpc) is 2.20. The van der Waals surface area contributed by atoms with Crippen molar-refractivity contribution in [2.75, 3.05) is 0 Å². The van der Waals surface area contributed by atoms with Crippen molar-refractivity contribution in [3.63, 3.8) is 0 Å². The molecule has 15 heavy (non-hydrogen) atoms. The third-order valence-corrected chi connectivity index (χ3v) is 2.84. The molecule has 0 aromatic heterocycles. The second kappa shape index (κ2) is 4.94. The molecule has 78 valence electrons. The quantitative estimate of drug-likeness (QED) is 0.856. The van der Waals surface area contributed by atoms with Crippen LogP contribution in [0.15, 0.2) is 12.1 Å². The molecule has 1 N–H and O–H groups in total. The predicted octanol–water partition coefficient (Wildman–Crippen LogP) is 2.39. The largest absolute Gasteiger partial charge is 0.481 e. The maximum atomic E-state index is 10.6. The first-order valence-corrected chi connectivity index (χ1v) is 5.51. The SMILES string of the molecule is Cc1c(C#N)cc(CBr)cc1CC(=O)O. The van der Waals surface area contributed by atoms with Crippen molar-refractivity contribution in [1.29, 1.82) is 5.26 Å². The Kier molecular flexibility index (Phi) is 3.87. The lowest BCUT2D eigenvalue weighted by molar-refractivity contribution is -0.136. The van der Waals surface area contributed by atoms with Crippen LogP contribution in [0.25, 0.3) is 0 Å². The minimum absolute atomic E-state index is 0.0403. The van der Waals surface area contributed by atoms with Crippen LogP contribution in [-0.2, 0) is 16.5 Å². The first kappa shape index (κ1) is 11.7. The average molecular weight is 268 g/mol. The fourth-order valence-corrected chi connectivity index (χ4v) is 1.70. The van der Waals surface area contributed by atoms with E-state index in [0.717, 1.165) is 11.1 Å². The smallest absolute Gasteiger partial charge is 0.307 e. The molecule has 0 radical (unpaired) electrons. The van der Waals surface area contributed by atoms with E-state index in [0.29, 0.717) is 16.5 Å². The van der Waals surface area contributed by atoms with Crippen molar-refractivity contribution in [2.45, 2.75) is 18.7 Å². The fraction of sp³-hybridized carbons (Fsp3) is 0.273. The second-order valence-electron chi connectivity index (χ2n) is 3.24. The van der Waals surface area contributed by atoms with Gasteiger partial charge in [-0.3, -0.25) is 4.79 Å². The zero-order chi connectivity index (χ0) is 11.4. The number of carboxylic acid groups (broad SMARTS) is 1. The van der Waals surface area contributed by atoms with Gasteiger partial charge in [0.25, 0.3) is 0 Å². The highest BCUT2D eigenvalue weighted by molar-refractivity contribution is 9.08. The van der Waals surface area contributed by atoms with E-state index in [-0.39, 0.29) is 6.42 Å². The topological polar surface area (TPSA) is 61.1 Å². The molecule has 0 aliphatic rings. The molecule has 0 unspecified atom stereocenters. The highest BCUT2D eigenvalue weighted by atomic mass is 79.9. The summed E-state index contributed by atoms with van der Waals surface area (Å²) < 4.78 is 0. The van der Waals surface area contributed by atoms with E-state index >= 15 is 0 Å². The summed E-state index contributed by atoms with van der Waals surface area (Å²) in [6, 6.07) is 5.66. The van der Waals surface area contributed by atoms with E-state index in [1.807, 2.05) is 6.07 Å². The molecule has 0 saturated carbocycles. The number of alkyl halides is 1. The van der Waals surface area contributed by atoms with Crippen molar-refractivity contribution in [3.8, 4) is 6.07 Å². The van der Waals surface area contributed by atoms with Gasteiger partial charge in [0, 0.05) is 5.33 Å². The van der Waals surface area contributed by atoms with Crippen LogP contribution in [0.3, 0.4) is 0 Å². The Labute approximate surface area is 96.5 Å². The maximum Gasteiger partial charge on any atom is 0.307 e. The highest BCUT2D eigenvalue weighted by Gasteiger charge is 2.09. The van der Waals surface area contributed by atoms with Crippen molar-refractivity contribution in [2.24, 2.45) is 0 Å². The Bertz CT molecular complexity index is 435. The summed E-state index contributed by atoms with van der Waals surface area (Å²) in [5.41, 5.74) is 2.93. The van der Waals surface area contributed by atoms with E-state index in [9.17, 15) is 4.79 Å². The highest BCUT2D eigenvalue weighted by Crippen LogP contribution is 2.18. The molecule has 0 heterocycles. The summed E-state index contributed by atoms with van der Waals surface area (Å²) in [5, 5.41) is 18.2. The van der Waals surface area contributed by atoms with Gasteiger partial charge in [0.15, 0.2) is 0 Å². The van der Waals surface area contributed by atoms with Gasteiger partial charge in [-0.1, -0.05) is 22.0 Å². The third-order valence-electron chi connectivity index (χ3n) is 2.19. The number of benzene rings is 1. The number of nitrogens with zero attached hydrogens (tertiary/aromatic N) is 1. The Balaban J connectivity index is 3.25. The third kappa shape index (κ3) is 2.80. The molecule has 0 bridgehead atoms. The predicted molar refractivity (Wildman–Crippen MR) is 59.9 cm³/mol. The maximum absolute atomic E-state index is 10.6. The van der Waals surface area contributed by atoms with Gasteiger partial charge in [0.05, 0.1) is 18.1 Å². The summed E-state index contributed by atoms with van der Waals surface area (Å²) in [6.07, 6.45) is -0.0403. The standard InChI is InChI=1S/C11H10BrNO2/c1-7-9(4-11(14)15)2-8(5-12)3-10(7)6-13/h2-3H,4-5H2,1H3,(H,14,15). The summed E-state index contributed by atoms with van der Waals surface area (Å²) in [4.78, 5) is 10.6. The monoisotopic (exact) mass is 267 g/mol. The van der Waals surface area contributed by atoms with Gasteiger partial charge in [0.1, 0.15) is 0 Å². The van der Waals surface area contributed by atoms with E-state index in [1.54, 1.807) is 13.0 Å². The normalized spacial score (nSPS) is 9.67. The molecule has 0 aliphatic heterocycles. The van der Waals surface area contributed by atoms with Crippen molar-refractivity contribution >= 4 is 21.9 Å². The molecule has 3 nitrogen and oxygen atoms in total. The van der Waals surface area contributed by atoms with Crippen LogP contribution in [0.5, 0.6) is 0 Å². The molecule has 1 rings (SSSR count). The van der Waals surface area contributed by atoms with Gasteiger partial charge in [-0.25, -0.2) is 0 Å². The van der Waals surface area contributed by atoms with Crippen LogP contribution >= 0.6 is 15.9 Å².